The first-order valence-corrected chi connectivity index (χ1v) is 7.15. The molecule has 3 heterocycles. The van der Waals surface area contributed by atoms with E-state index < -0.39 is 5.91 Å². The van der Waals surface area contributed by atoms with Gasteiger partial charge in [-0.05, 0) is 32.4 Å². The molecule has 0 bridgehead atoms. The maximum atomic E-state index is 6.30. The lowest BCUT2D eigenvalue weighted by molar-refractivity contribution is -0.659. The van der Waals surface area contributed by atoms with E-state index in [9.17, 15) is 0 Å². The van der Waals surface area contributed by atoms with Crippen molar-refractivity contribution in [1.29, 1.82) is 0 Å². The molecule has 2 aromatic rings. The third-order valence-corrected chi connectivity index (χ3v) is 4.21. The Morgan fingerprint density at radius 1 is 1.20 bits per heavy atom. The highest BCUT2D eigenvalue weighted by molar-refractivity contribution is 5.64. The largest absolute Gasteiger partial charge is 0.357 e. The number of imidazole rings is 1. The van der Waals surface area contributed by atoms with Crippen molar-refractivity contribution in [1.82, 2.24) is 4.57 Å². The van der Waals surface area contributed by atoms with Crippen LogP contribution in [0.15, 0.2) is 36.7 Å². The van der Waals surface area contributed by atoms with Gasteiger partial charge in [0.05, 0.1) is 30.4 Å². The van der Waals surface area contributed by atoms with Crippen LogP contribution in [0.3, 0.4) is 0 Å². The predicted molar refractivity (Wildman–Crippen MR) is 73.8 cm³/mol. The summed E-state index contributed by atoms with van der Waals surface area (Å²) in [6.07, 6.45) is 5.35. The van der Waals surface area contributed by atoms with E-state index in [1.165, 1.54) is 5.56 Å². The molecule has 4 nitrogen and oxygen atoms in total. The second-order valence-electron chi connectivity index (χ2n) is 5.82. The van der Waals surface area contributed by atoms with E-state index in [1.54, 1.807) is 0 Å². The molecule has 1 aromatic heterocycles. The molecule has 0 N–H and O–H groups in total. The Balaban J connectivity index is 2.00. The Morgan fingerprint density at radius 3 is 2.65 bits per heavy atom. The Bertz CT molecular complexity index is 667. The highest BCUT2D eigenvalue weighted by Gasteiger charge is 2.56. The summed E-state index contributed by atoms with van der Waals surface area (Å²) in [6, 6.07) is 8.34. The van der Waals surface area contributed by atoms with Crippen LogP contribution in [0.4, 0.5) is 0 Å². The average molecular weight is 271 g/mol. The quantitative estimate of drug-likeness (QED) is 0.687. The van der Waals surface area contributed by atoms with Crippen LogP contribution >= 0.6 is 0 Å². The van der Waals surface area contributed by atoms with E-state index in [1.807, 2.05) is 18.5 Å². The van der Waals surface area contributed by atoms with Crippen LogP contribution < -0.4 is 4.57 Å². The fraction of sp³-hybridized carbons (Fsp3) is 0.438. The van der Waals surface area contributed by atoms with E-state index in [-0.39, 0.29) is 12.2 Å². The second-order valence-corrected chi connectivity index (χ2v) is 5.82. The fourth-order valence-corrected chi connectivity index (χ4v) is 3.50. The summed E-state index contributed by atoms with van der Waals surface area (Å²) < 4.78 is 16.8. The van der Waals surface area contributed by atoms with Gasteiger partial charge in [0.15, 0.2) is 0 Å². The number of aryl methyl sites for hydroxylation is 1. The number of nitrogens with zero attached hydrogens (tertiary/aromatic N) is 2. The van der Waals surface area contributed by atoms with Gasteiger partial charge in [-0.1, -0.05) is 12.1 Å². The Labute approximate surface area is 118 Å². The van der Waals surface area contributed by atoms with Crippen LogP contribution in [-0.4, -0.2) is 16.8 Å². The summed E-state index contributed by atoms with van der Waals surface area (Å²) in [7, 11) is 2.05. The predicted octanol–water partition coefficient (Wildman–Crippen LogP) is 2.17. The summed E-state index contributed by atoms with van der Waals surface area (Å²) in [5.41, 5.74) is 2.28. The maximum Gasteiger partial charge on any atom is 0.357 e. The zero-order valence-electron chi connectivity index (χ0n) is 12.0. The highest BCUT2D eigenvalue weighted by Crippen LogP contribution is 2.47. The van der Waals surface area contributed by atoms with Gasteiger partial charge in [0.2, 0.25) is 0 Å². The van der Waals surface area contributed by atoms with Crippen LogP contribution in [-0.2, 0) is 22.4 Å². The van der Waals surface area contributed by atoms with Gasteiger partial charge in [-0.15, -0.1) is 0 Å². The Kier molecular flexibility index (Phi) is 2.38. The summed E-state index contributed by atoms with van der Waals surface area (Å²) in [5, 5.41) is 0. The standard InChI is InChI=1S/C16H19N2O2/c1-11-10-12(2)20-16(19-11)14-7-5-4-6-13(14)15-17(3)8-9-18(15)16/h4-9,11-12H,10H2,1-3H3/q+1. The molecule has 1 fully saturated rings. The fourth-order valence-electron chi connectivity index (χ4n) is 3.50. The topological polar surface area (TPSA) is 27.3 Å². The first-order valence-electron chi connectivity index (χ1n) is 7.15. The minimum Gasteiger partial charge on any atom is -0.307 e. The van der Waals surface area contributed by atoms with Gasteiger partial charge in [0.1, 0.15) is 12.4 Å². The average Bonchev–Trinajstić information content (AvgIpc) is 2.90. The molecule has 2 unspecified atom stereocenters. The minimum atomic E-state index is -0.801. The number of rotatable bonds is 0. The Hall–Kier alpha value is -1.65. The smallest absolute Gasteiger partial charge is 0.307 e. The lowest BCUT2D eigenvalue weighted by Crippen LogP contribution is -2.48. The lowest BCUT2D eigenvalue weighted by Gasteiger charge is -2.38. The second kappa shape index (κ2) is 3.93. The van der Waals surface area contributed by atoms with E-state index in [2.05, 4.69) is 48.2 Å². The van der Waals surface area contributed by atoms with Crippen LogP contribution in [0.1, 0.15) is 25.8 Å². The van der Waals surface area contributed by atoms with Gasteiger partial charge < -0.3 is 9.47 Å². The molecular weight excluding hydrogens is 252 g/mol. The van der Waals surface area contributed by atoms with Crippen LogP contribution in [0.25, 0.3) is 11.4 Å². The monoisotopic (exact) mass is 271 g/mol. The number of hydrogen-bond donors (Lipinski definition) is 0. The molecule has 0 radical (unpaired) electrons. The summed E-state index contributed by atoms with van der Waals surface area (Å²) in [5.74, 6) is 0.325. The molecule has 2 aliphatic heterocycles. The van der Waals surface area contributed by atoms with Crippen molar-refractivity contribution in [3.63, 3.8) is 0 Å². The zero-order valence-corrected chi connectivity index (χ0v) is 12.0. The van der Waals surface area contributed by atoms with Gasteiger partial charge in [-0.2, -0.15) is 4.57 Å². The molecule has 1 saturated heterocycles. The molecule has 1 aromatic carbocycles. The van der Waals surface area contributed by atoms with Crippen LogP contribution in [0, 0.1) is 0 Å². The molecule has 104 valence electrons. The van der Waals surface area contributed by atoms with Crippen molar-refractivity contribution in [2.24, 2.45) is 7.05 Å². The molecule has 2 atom stereocenters. The summed E-state index contributed by atoms with van der Waals surface area (Å²) >= 11 is 0. The van der Waals surface area contributed by atoms with Gasteiger partial charge >= 0.3 is 5.91 Å². The maximum absolute atomic E-state index is 6.30. The normalized spacial score (nSPS) is 31.4. The number of ether oxygens (including phenoxy) is 2. The van der Waals surface area contributed by atoms with Gasteiger partial charge in [-0.25, -0.2) is 4.57 Å². The first kappa shape index (κ1) is 12.1. The third kappa shape index (κ3) is 1.41. The van der Waals surface area contributed by atoms with Crippen molar-refractivity contribution in [3.8, 4) is 11.4 Å². The van der Waals surface area contributed by atoms with Crippen molar-refractivity contribution < 1.29 is 14.0 Å². The van der Waals surface area contributed by atoms with Crippen molar-refractivity contribution in [3.05, 3.63) is 42.2 Å². The van der Waals surface area contributed by atoms with Crippen LogP contribution in [0.2, 0.25) is 0 Å². The molecule has 4 rings (SSSR count). The summed E-state index contributed by atoms with van der Waals surface area (Å²) in [4.78, 5) is 0. The minimum absolute atomic E-state index is 0.172. The molecule has 1 spiro atoms. The van der Waals surface area contributed by atoms with Crippen molar-refractivity contribution in [2.75, 3.05) is 0 Å². The van der Waals surface area contributed by atoms with E-state index in [0.717, 1.165) is 17.8 Å². The highest BCUT2D eigenvalue weighted by atomic mass is 16.7. The van der Waals surface area contributed by atoms with E-state index in [0.29, 0.717) is 0 Å². The molecule has 2 aliphatic rings. The Morgan fingerprint density at radius 2 is 1.90 bits per heavy atom. The van der Waals surface area contributed by atoms with E-state index >= 15 is 0 Å². The zero-order chi connectivity index (χ0) is 13.9. The molecule has 0 aliphatic carbocycles. The molecule has 20 heavy (non-hydrogen) atoms. The van der Waals surface area contributed by atoms with Crippen LogP contribution in [0.5, 0.6) is 0 Å². The number of aromatic nitrogens is 2. The third-order valence-electron chi connectivity index (χ3n) is 4.21. The number of fused-ring (bicyclic) bond motifs is 5. The summed E-state index contributed by atoms with van der Waals surface area (Å²) in [6.45, 7) is 4.23. The van der Waals surface area contributed by atoms with Crippen molar-refractivity contribution in [2.45, 2.75) is 38.4 Å². The molecule has 4 heteroatoms. The lowest BCUT2D eigenvalue weighted by atomic mass is 10.0. The molecule has 0 amide bonds. The molecular formula is C16H19N2O2+. The first-order chi connectivity index (χ1) is 9.62. The molecule has 0 saturated carbocycles. The van der Waals surface area contributed by atoms with Gasteiger partial charge in [0, 0.05) is 0 Å². The number of hydrogen-bond acceptors (Lipinski definition) is 2. The number of benzene rings is 1. The van der Waals surface area contributed by atoms with Gasteiger partial charge in [0.25, 0.3) is 5.82 Å². The van der Waals surface area contributed by atoms with Gasteiger partial charge in [-0.3, -0.25) is 0 Å². The van der Waals surface area contributed by atoms with E-state index in [4.69, 9.17) is 9.47 Å². The SMILES string of the molecule is CC1CC(C)OC2(O1)c1ccccc1-c1n2cc[n+]1C. The van der Waals surface area contributed by atoms with Crippen molar-refractivity contribution >= 4 is 0 Å².